The molecule has 0 saturated carbocycles. The third-order valence-electron chi connectivity index (χ3n) is 1.56. The van der Waals surface area contributed by atoms with Crippen molar-refractivity contribution in [2.75, 3.05) is 18.9 Å². The van der Waals surface area contributed by atoms with Crippen LogP contribution in [0.3, 0.4) is 0 Å². The summed E-state index contributed by atoms with van der Waals surface area (Å²) in [6.07, 6.45) is 1.49. The van der Waals surface area contributed by atoms with Crippen LogP contribution in [0.4, 0.5) is 5.82 Å². The van der Waals surface area contributed by atoms with E-state index in [1.807, 2.05) is 13.8 Å². The molecule has 2 N–H and O–H groups in total. The fourth-order valence-corrected chi connectivity index (χ4v) is 1.04. The molecule has 0 spiro atoms. The Balaban J connectivity index is 2.41. The number of hydrogen-bond acceptors (Lipinski definition) is 5. The summed E-state index contributed by atoms with van der Waals surface area (Å²) in [4.78, 5) is 7.57. The van der Waals surface area contributed by atoms with Gasteiger partial charge in [-0.1, -0.05) is 11.6 Å². The second-order valence-electron chi connectivity index (χ2n) is 3.15. The number of ether oxygens (including phenoxy) is 2. The highest BCUT2D eigenvalue weighted by molar-refractivity contribution is 6.33. The quantitative estimate of drug-likeness (QED) is 0.778. The topological polar surface area (TPSA) is 70.3 Å². The van der Waals surface area contributed by atoms with Gasteiger partial charge in [-0.15, -0.1) is 0 Å². The largest absolute Gasteiger partial charge is 0.474 e. The standard InChI is InChI=1S/C9H14ClN3O2/c1-6(2)14-3-4-15-9-7(10)8(11)12-5-13-9/h5-6H,3-4H2,1-2H3,(H2,11,12,13). The van der Waals surface area contributed by atoms with Gasteiger partial charge in [-0.2, -0.15) is 0 Å². The molecule has 0 unspecified atom stereocenters. The maximum Gasteiger partial charge on any atom is 0.238 e. The van der Waals surface area contributed by atoms with Crippen LogP contribution in [0.15, 0.2) is 6.33 Å². The van der Waals surface area contributed by atoms with Crippen molar-refractivity contribution >= 4 is 17.4 Å². The average molecular weight is 232 g/mol. The van der Waals surface area contributed by atoms with E-state index < -0.39 is 0 Å². The SMILES string of the molecule is CC(C)OCCOc1ncnc(N)c1Cl. The maximum absolute atomic E-state index is 5.82. The monoisotopic (exact) mass is 231 g/mol. The molecule has 0 aromatic carbocycles. The van der Waals surface area contributed by atoms with E-state index in [2.05, 4.69) is 9.97 Å². The Kier molecular flexibility index (Phi) is 4.58. The first-order valence-electron chi connectivity index (χ1n) is 4.61. The van der Waals surface area contributed by atoms with Crippen LogP contribution in [-0.4, -0.2) is 29.3 Å². The zero-order valence-electron chi connectivity index (χ0n) is 8.74. The van der Waals surface area contributed by atoms with E-state index >= 15 is 0 Å². The predicted octanol–water partition coefficient (Wildman–Crippen LogP) is 1.52. The number of rotatable bonds is 5. The summed E-state index contributed by atoms with van der Waals surface area (Å²) in [6, 6.07) is 0. The maximum atomic E-state index is 5.82. The second-order valence-corrected chi connectivity index (χ2v) is 3.52. The molecule has 0 aliphatic heterocycles. The molecule has 1 heterocycles. The Bertz CT molecular complexity index is 320. The summed E-state index contributed by atoms with van der Waals surface area (Å²) in [6.45, 7) is 4.78. The van der Waals surface area contributed by atoms with E-state index in [4.69, 9.17) is 26.8 Å². The number of aromatic nitrogens is 2. The lowest BCUT2D eigenvalue weighted by Gasteiger charge is -2.09. The van der Waals surface area contributed by atoms with E-state index in [1.165, 1.54) is 6.33 Å². The lowest BCUT2D eigenvalue weighted by atomic mass is 10.5. The first-order valence-corrected chi connectivity index (χ1v) is 4.99. The number of anilines is 1. The molecular formula is C9H14ClN3O2. The van der Waals surface area contributed by atoms with Crippen molar-refractivity contribution in [3.63, 3.8) is 0 Å². The van der Waals surface area contributed by atoms with E-state index in [-0.39, 0.29) is 22.8 Å². The Morgan fingerprint density at radius 3 is 2.80 bits per heavy atom. The number of nitrogen functional groups attached to an aromatic ring is 1. The van der Waals surface area contributed by atoms with Crippen LogP contribution in [0.5, 0.6) is 5.88 Å². The van der Waals surface area contributed by atoms with Gasteiger partial charge in [0.15, 0.2) is 0 Å². The van der Waals surface area contributed by atoms with Gasteiger partial charge in [0.25, 0.3) is 0 Å². The molecule has 0 amide bonds. The van der Waals surface area contributed by atoms with E-state index in [0.717, 1.165) is 0 Å². The third-order valence-corrected chi connectivity index (χ3v) is 1.91. The van der Waals surface area contributed by atoms with Gasteiger partial charge in [0.05, 0.1) is 12.7 Å². The Morgan fingerprint density at radius 2 is 2.13 bits per heavy atom. The van der Waals surface area contributed by atoms with Crippen LogP contribution < -0.4 is 10.5 Å². The highest BCUT2D eigenvalue weighted by Crippen LogP contribution is 2.24. The Hall–Kier alpha value is -1.07. The molecule has 1 aromatic heterocycles. The molecule has 0 bridgehead atoms. The van der Waals surface area contributed by atoms with Crippen molar-refractivity contribution in [1.29, 1.82) is 0 Å². The highest BCUT2D eigenvalue weighted by Gasteiger charge is 2.07. The summed E-state index contributed by atoms with van der Waals surface area (Å²) >= 11 is 5.82. The molecule has 0 aliphatic rings. The Morgan fingerprint density at radius 1 is 1.40 bits per heavy atom. The zero-order chi connectivity index (χ0) is 11.3. The van der Waals surface area contributed by atoms with Crippen LogP contribution in [0.1, 0.15) is 13.8 Å². The van der Waals surface area contributed by atoms with Crippen LogP contribution in [0.25, 0.3) is 0 Å². The third kappa shape index (κ3) is 3.89. The first-order chi connectivity index (χ1) is 7.11. The average Bonchev–Trinajstić information content (AvgIpc) is 2.18. The van der Waals surface area contributed by atoms with Gasteiger partial charge in [-0.3, -0.25) is 0 Å². The Labute approximate surface area is 93.6 Å². The molecule has 84 valence electrons. The minimum absolute atomic E-state index is 0.180. The number of hydrogen-bond donors (Lipinski definition) is 1. The minimum Gasteiger partial charge on any atom is -0.474 e. The number of nitrogens with two attached hydrogens (primary N) is 1. The molecule has 6 heteroatoms. The highest BCUT2D eigenvalue weighted by atomic mass is 35.5. The van der Waals surface area contributed by atoms with Crippen LogP contribution in [-0.2, 0) is 4.74 Å². The lowest BCUT2D eigenvalue weighted by Crippen LogP contribution is -2.12. The molecule has 0 fully saturated rings. The van der Waals surface area contributed by atoms with Crippen LogP contribution >= 0.6 is 11.6 Å². The zero-order valence-corrected chi connectivity index (χ0v) is 9.49. The van der Waals surface area contributed by atoms with Crippen LogP contribution in [0.2, 0.25) is 5.02 Å². The van der Waals surface area contributed by atoms with Gasteiger partial charge in [0.1, 0.15) is 23.8 Å². The van der Waals surface area contributed by atoms with Gasteiger partial charge < -0.3 is 15.2 Å². The predicted molar refractivity (Wildman–Crippen MR) is 58.0 cm³/mol. The second kappa shape index (κ2) is 5.72. The summed E-state index contributed by atoms with van der Waals surface area (Å²) in [5.74, 6) is 0.503. The smallest absolute Gasteiger partial charge is 0.238 e. The van der Waals surface area contributed by atoms with Gasteiger partial charge in [0.2, 0.25) is 5.88 Å². The van der Waals surface area contributed by atoms with Crippen molar-refractivity contribution < 1.29 is 9.47 Å². The summed E-state index contributed by atoms with van der Waals surface area (Å²) in [7, 11) is 0. The summed E-state index contributed by atoms with van der Waals surface area (Å²) in [5.41, 5.74) is 5.48. The molecule has 0 atom stereocenters. The molecule has 15 heavy (non-hydrogen) atoms. The van der Waals surface area contributed by atoms with E-state index in [1.54, 1.807) is 0 Å². The molecule has 0 aliphatic carbocycles. The molecular weight excluding hydrogens is 218 g/mol. The van der Waals surface area contributed by atoms with E-state index in [9.17, 15) is 0 Å². The molecule has 1 rings (SSSR count). The van der Waals surface area contributed by atoms with Crippen LogP contribution in [0, 0.1) is 0 Å². The molecule has 0 radical (unpaired) electrons. The van der Waals surface area contributed by atoms with Gasteiger partial charge in [-0.25, -0.2) is 9.97 Å². The normalized spacial score (nSPS) is 10.7. The van der Waals surface area contributed by atoms with Crippen molar-refractivity contribution in [1.82, 2.24) is 9.97 Å². The van der Waals surface area contributed by atoms with Crippen molar-refractivity contribution in [3.05, 3.63) is 11.3 Å². The van der Waals surface area contributed by atoms with Crippen molar-refractivity contribution in [2.24, 2.45) is 0 Å². The van der Waals surface area contributed by atoms with Gasteiger partial charge in [-0.05, 0) is 13.8 Å². The van der Waals surface area contributed by atoms with Gasteiger partial charge >= 0.3 is 0 Å². The van der Waals surface area contributed by atoms with Crippen molar-refractivity contribution in [2.45, 2.75) is 20.0 Å². The minimum atomic E-state index is 0.180. The molecule has 5 nitrogen and oxygen atoms in total. The van der Waals surface area contributed by atoms with Crippen molar-refractivity contribution in [3.8, 4) is 5.88 Å². The summed E-state index contributed by atoms with van der Waals surface area (Å²) in [5, 5.41) is 0.238. The first kappa shape index (κ1) is 12.0. The fraction of sp³-hybridized carbons (Fsp3) is 0.556. The number of halogens is 1. The molecule has 0 saturated heterocycles. The number of nitrogens with zero attached hydrogens (tertiary/aromatic N) is 2. The van der Waals surface area contributed by atoms with E-state index in [0.29, 0.717) is 13.2 Å². The fourth-order valence-electron chi connectivity index (χ4n) is 0.889. The lowest BCUT2D eigenvalue weighted by molar-refractivity contribution is 0.0542. The molecule has 1 aromatic rings. The summed E-state index contributed by atoms with van der Waals surface area (Å²) < 4.78 is 10.6. The van der Waals surface area contributed by atoms with Gasteiger partial charge in [0, 0.05) is 0 Å².